The van der Waals surface area contributed by atoms with Gasteiger partial charge in [-0.15, -0.1) is 6.58 Å². The molecule has 1 unspecified atom stereocenters. The van der Waals surface area contributed by atoms with E-state index in [4.69, 9.17) is 0 Å². The van der Waals surface area contributed by atoms with E-state index in [0.717, 1.165) is 18.8 Å². The van der Waals surface area contributed by atoms with Crippen LogP contribution in [-0.4, -0.2) is 0 Å². The molecule has 0 spiro atoms. The summed E-state index contributed by atoms with van der Waals surface area (Å²) in [5.41, 5.74) is 2.66. The van der Waals surface area contributed by atoms with Gasteiger partial charge in [-0.05, 0) is 38.5 Å². The molecule has 76 valence electrons. The van der Waals surface area contributed by atoms with Crippen molar-refractivity contribution in [2.75, 3.05) is 0 Å². The molecular weight excluding hydrogens is 156 g/mol. The monoisotopic (exact) mass is 180 g/mol. The zero-order valence-corrected chi connectivity index (χ0v) is 9.53. The third-order valence-corrected chi connectivity index (χ3v) is 2.59. The fourth-order valence-corrected chi connectivity index (χ4v) is 1.17. The number of hydrogen-bond donors (Lipinski definition) is 0. The van der Waals surface area contributed by atoms with Gasteiger partial charge in [0.25, 0.3) is 0 Å². The second-order valence-corrected chi connectivity index (χ2v) is 4.26. The van der Waals surface area contributed by atoms with Crippen LogP contribution in [0.25, 0.3) is 0 Å². The van der Waals surface area contributed by atoms with Crippen molar-refractivity contribution in [3.05, 3.63) is 24.3 Å². The molecular formula is C13H24. The van der Waals surface area contributed by atoms with E-state index in [1.807, 2.05) is 0 Å². The highest BCUT2D eigenvalue weighted by Gasteiger charge is 2.00. The minimum atomic E-state index is 0.849. The number of allylic oxidation sites excluding steroid dienone is 2. The first kappa shape index (κ1) is 12.5. The van der Waals surface area contributed by atoms with E-state index in [-0.39, 0.29) is 0 Å². The van der Waals surface area contributed by atoms with Crippen LogP contribution in [0.3, 0.4) is 0 Å². The SMILES string of the molecule is C=C(C)CCC(=C)CCC(C)CC. The van der Waals surface area contributed by atoms with Crippen LogP contribution in [0.15, 0.2) is 24.3 Å². The third-order valence-electron chi connectivity index (χ3n) is 2.59. The summed E-state index contributed by atoms with van der Waals surface area (Å²) in [5, 5.41) is 0. The summed E-state index contributed by atoms with van der Waals surface area (Å²) in [7, 11) is 0. The largest absolute Gasteiger partial charge is 0.100 e. The highest BCUT2D eigenvalue weighted by molar-refractivity contribution is 4.99. The molecule has 0 aliphatic carbocycles. The zero-order valence-electron chi connectivity index (χ0n) is 9.53. The number of hydrogen-bond acceptors (Lipinski definition) is 0. The lowest BCUT2D eigenvalue weighted by Gasteiger charge is -2.09. The quantitative estimate of drug-likeness (QED) is 0.497. The Morgan fingerprint density at radius 3 is 2.23 bits per heavy atom. The molecule has 0 fully saturated rings. The van der Waals surface area contributed by atoms with Crippen molar-refractivity contribution in [2.45, 2.75) is 52.9 Å². The Kier molecular flexibility index (Phi) is 6.66. The van der Waals surface area contributed by atoms with E-state index >= 15 is 0 Å². The van der Waals surface area contributed by atoms with Gasteiger partial charge in [0.15, 0.2) is 0 Å². The van der Waals surface area contributed by atoms with Gasteiger partial charge < -0.3 is 0 Å². The molecule has 13 heavy (non-hydrogen) atoms. The molecule has 0 aliphatic rings. The molecule has 0 saturated heterocycles. The predicted octanol–water partition coefficient (Wildman–Crippen LogP) is 4.73. The van der Waals surface area contributed by atoms with Crippen molar-refractivity contribution >= 4 is 0 Å². The van der Waals surface area contributed by atoms with E-state index in [9.17, 15) is 0 Å². The van der Waals surface area contributed by atoms with Gasteiger partial charge in [0.2, 0.25) is 0 Å². The minimum absolute atomic E-state index is 0.849. The highest BCUT2D eigenvalue weighted by atomic mass is 14.1. The fourth-order valence-electron chi connectivity index (χ4n) is 1.17. The first-order valence-corrected chi connectivity index (χ1v) is 5.37. The summed E-state index contributed by atoms with van der Waals surface area (Å²) in [4.78, 5) is 0. The smallest absolute Gasteiger partial charge is 0.0286 e. The Balaban J connectivity index is 3.46. The van der Waals surface area contributed by atoms with Gasteiger partial charge in [-0.25, -0.2) is 0 Å². The van der Waals surface area contributed by atoms with Crippen LogP contribution in [0.1, 0.15) is 52.9 Å². The van der Waals surface area contributed by atoms with Gasteiger partial charge in [0, 0.05) is 0 Å². The van der Waals surface area contributed by atoms with E-state index in [2.05, 4.69) is 33.9 Å². The van der Waals surface area contributed by atoms with E-state index in [0.29, 0.717) is 0 Å². The standard InChI is InChI=1S/C13H24/c1-6-12(4)9-10-13(5)8-7-11(2)3/h12H,2,5-10H2,1,3-4H3. The van der Waals surface area contributed by atoms with Crippen LogP contribution >= 0.6 is 0 Å². The average molecular weight is 180 g/mol. The average Bonchev–Trinajstić information content (AvgIpc) is 2.10. The minimum Gasteiger partial charge on any atom is -0.100 e. The Hall–Kier alpha value is -0.520. The fraction of sp³-hybridized carbons (Fsp3) is 0.692. The maximum Gasteiger partial charge on any atom is -0.0286 e. The third kappa shape index (κ3) is 7.83. The van der Waals surface area contributed by atoms with Crippen molar-refractivity contribution in [3.8, 4) is 0 Å². The molecule has 0 aliphatic heterocycles. The molecule has 0 aromatic carbocycles. The van der Waals surface area contributed by atoms with Crippen molar-refractivity contribution in [2.24, 2.45) is 5.92 Å². The first-order valence-electron chi connectivity index (χ1n) is 5.37. The molecule has 1 atom stereocenters. The molecule has 0 aromatic rings. The molecule has 0 bridgehead atoms. The van der Waals surface area contributed by atoms with Gasteiger partial charge in [-0.2, -0.15) is 0 Å². The van der Waals surface area contributed by atoms with Gasteiger partial charge in [0.1, 0.15) is 0 Å². The van der Waals surface area contributed by atoms with Crippen molar-refractivity contribution < 1.29 is 0 Å². The summed E-state index contributed by atoms with van der Waals surface area (Å²) in [6, 6.07) is 0. The summed E-state index contributed by atoms with van der Waals surface area (Å²) < 4.78 is 0. The van der Waals surface area contributed by atoms with Crippen LogP contribution in [0.2, 0.25) is 0 Å². The lowest BCUT2D eigenvalue weighted by atomic mass is 9.97. The summed E-state index contributed by atoms with van der Waals surface area (Å²) in [6.45, 7) is 14.6. The van der Waals surface area contributed by atoms with E-state index in [1.54, 1.807) is 0 Å². The topological polar surface area (TPSA) is 0 Å². The Morgan fingerprint density at radius 1 is 1.15 bits per heavy atom. The lowest BCUT2D eigenvalue weighted by Crippen LogP contribution is -1.93. The molecule has 0 N–H and O–H groups in total. The maximum absolute atomic E-state index is 4.09. The zero-order chi connectivity index (χ0) is 10.3. The van der Waals surface area contributed by atoms with Crippen LogP contribution in [0.4, 0.5) is 0 Å². The molecule has 0 heteroatoms. The molecule has 0 rings (SSSR count). The normalized spacial score (nSPS) is 12.5. The second-order valence-electron chi connectivity index (χ2n) is 4.26. The van der Waals surface area contributed by atoms with Crippen molar-refractivity contribution in [1.82, 2.24) is 0 Å². The van der Waals surface area contributed by atoms with Gasteiger partial charge in [-0.1, -0.05) is 38.0 Å². The Morgan fingerprint density at radius 2 is 1.77 bits per heavy atom. The number of rotatable bonds is 7. The Labute approximate surface area is 83.7 Å². The van der Waals surface area contributed by atoms with E-state index < -0.39 is 0 Å². The van der Waals surface area contributed by atoms with Gasteiger partial charge in [-0.3, -0.25) is 0 Å². The predicted molar refractivity (Wildman–Crippen MR) is 61.9 cm³/mol. The Bertz CT molecular complexity index is 165. The van der Waals surface area contributed by atoms with E-state index in [1.165, 1.54) is 30.4 Å². The summed E-state index contributed by atoms with van der Waals surface area (Å²) in [6.07, 6.45) is 6.02. The molecule has 0 heterocycles. The van der Waals surface area contributed by atoms with Crippen molar-refractivity contribution in [3.63, 3.8) is 0 Å². The van der Waals surface area contributed by atoms with Crippen LogP contribution < -0.4 is 0 Å². The molecule has 0 nitrogen and oxygen atoms in total. The molecule has 0 amide bonds. The molecule has 0 aromatic heterocycles. The highest BCUT2D eigenvalue weighted by Crippen LogP contribution is 2.18. The van der Waals surface area contributed by atoms with Crippen LogP contribution in [0.5, 0.6) is 0 Å². The first-order chi connectivity index (χ1) is 6.06. The second kappa shape index (κ2) is 6.94. The van der Waals surface area contributed by atoms with Gasteiger partial charge in [0.05, 0.1) is 0 Å². The van der Waals surface area contributed by atoms with Gasteiger partial charge >= 0.3 is 0 Å². The molecule has 0 saturated carbocycles. The van der Waals surface area contributed by atoms with Crippen molar-refractivity contribution in [1.29, 1.82) is 0 Å². The lowest BCUT2D eigenvalue weighted by molar-refractivity contribution is 0.511. The summed E-state index contributed by atoms with van der Waals surface area (Å²) >= 11 is 0. The summed E-state index contributed by atoms with van der Waals surface area (Å²) in [5.74, 6) is 0.849. The van der Waals surface area contributed by atoms with Crippen LogP contribution in [-0.2, 0) is 0 Å². The maximum atomic E-state index is 4.09. The van der Waals surface area contributed by atoms with Crippen LogP contribution in [0, 0.1) is 5.92 Å². The molecule has 0 radical (unpaired) electrons.